The molecule has 0 aliphatic carbocycles. The van der Waals surface area contributed by atoms with Gasteiger partial charge in [0.15, 0.2) is 0 Å². The van der Waals surface area contributed by atoms with E-state index in [-0.39, 0.29) is 0 Å². The van der Waals surface area contributed by atoms with Crippen molar-refractivity contribution in [1.82, 2.24) is 0 Å². The first kappa shape index (κ1) is 13.0. The fraction of sp³-hybridized carbons (Fsp3) is 0.692. The van der Waals surface area contributed by atoms with Gasteiger partial charge in [0, 0.05) is 4.88 Å². The molecule has 0 aliphatic rings. The molecule has 1 aromatic heterocycles. The highest BCUT2D eigenvalue weighted by atomic mass is 32.1. The molecule has 15 heavy (non-hydrogen) atoms. The Labute approximate surface area is 102 Å². The quantitative estimate of drug-likeness (QED) is 0.712. The summed E-state index contributed by atoms with van der Waals surface area (Å²) >= 11 is 2.07. The van der Waals surface area contributed by atoms with Crippen LogP contribution in [0.25, 0.3) is 0 Å². The summed E-state index contributed by atoms with van der Waals surface area (Å²) in [6.07, 6.45) is 0. The van der Waals surface area contributed by atoms with Gasteiger partial charge >= 0.3 is 0 Å². The van der Waals surface area contributed by atoms with E-state index in [9.17, 15) is 0 Å². The highest BCUT2D eigenvalue weighted by Gasteiger charge is 2.21. The van der Waals surface area contributed by atoms with Gasteiger partial charge in [0.05, 0.1) is 10.2 Å². The number of hydrogen-bond acceptors (Lipinski definition) is 1. The second kappa shape index (κ2) is 4.83. The van der Waals surface area contributed by atoms with Crippen LogP contribution in [0, 0.1) is 0 Å². The molecule has 1 rings (SSSR count). The smallest absolute Gasteiger partial charge is 0.0518 e. The molecule has 1 aromatic rings. The standard InChI is InChI=1S/C13H24SSi/c1-7(2)10-11(8(3)4)13(15)14-12(10)9(5)6/h7-9H,1-6,15H3. The van der Waals surface area contributed by atoms with E-state index in [2.05, 4.69) is 52.9 Å². The van der Waals surface area contributed by atoms with E-state index >= 15 is 0 Å². The first-order valence-corrected chi connectivity index (χ1v) is 7.80. The van der Waals surface area contributed by atoms with Crippen LogP contribution in [0.2, 0.25) is 0 Å². The van der Waals surface area contributed by atoms with E-state index < -0.39 is 0 Å². The van der Waals surface area contributed by atoms with Gasteiger partial charge < -0.3 is 0 Å². The Kier molecular flexibility index (Phi) is 4.18. The summed E-state index contributed by atoms with van der Waals surface area (Å²) in [5.74, 6) is 2.06. The van der Waals surface area contributed by atoms with E-state index in [4.69, 9.17) is 0 Å². The summed E-state index contributed by atoms with van der Waals surface area (Å²) in [6.45, 7) is 14.0. The van der Waals surface area contributed by atoms with Crippen molar-refractivity contribution in [2.24, 2.45) is 0 Å². The lowest BCUT2D eigenvalue weighted by Crippen LogP contribution is -2.08. The molecule has 1 heterocycles. The third kappa shape index (κ3) is 2.54. The van der Waals surface area contributed by atoms with Crippen molar-refractivity contribution < 1.29 is 0 Å². The third-order valence-corrected chi connectivity index (χ3v) is 5.47. The maximum Gasteiger partial charge on any atom is 0.0518 e. The van der Waals surface area contributed by atoms with Gasteiger partial charge in [-0.15, -0.1) is 0 Å². The largest absolute Gasteiger partial charge is 0.150 e. The summed E-state index contributed by atoms with van der Waals surface area (Å²) in [5.41, 5.74) is 3.33. The van der Waals surface area contributed by atoms with Crippen LogP contribution >= 0.6 is 11.3 Å². The molecule has 0 spiro atoms. The minimum atomic E-state index is 0.679. The lowest BCUT2D eigenvalue weighted by molar-refractivity contribution is 0.769. The highest BCUT2D eigenvalue weighted by Crippen LogP contribution is 2.36. The molecule has 0 fully saturated rings. The molecule has 0 unspecified atom stereocenters. The van der Waals surface area contributed by atoms with Crippen molar-refractivity contribution >= 4 is 26.1 Å². The normalized spacial score (nSPS) is 12.3. The number of thiophene rings is 1. The average molecular weight is 240 g/mol. The number of hydrogen-bond donors (Lipinski definition) is 0. The van der Waals surface area contributed by atoms with Gasteiger partial charge in [-0.05, 0) is 33.4 Å². The Bertz CT molecular complexity index is 335. The molecule has 0 atom stereocenters. The van der Waals surface area contributed by atoms with Crippen LogP contribution in [0.15, 0.2) is 0 Å². The Balaban J connectivity index is 3.38. The van der Waals surface area contributed by atoms with Crippen molar-refractivity contribution in [3.8, 4) is 0 Å². The molecule has 0 radical (unpaired) electrons. The zero-order valence-corrected chi connectivity index (χ0v) is 14.0. The molecule has 0 nitrogen and oxygen atoms in total. The van der Waals surface area contributed by atoms with E-state index in [1.807, 2.05) is 0 Å². The summed E-state index contributed by atoms with van der Waals surface area (Å²) in [5, 5.41) is 0. The van der Waals surface area contributed by atoms with Gasteiger partial charge in [-0.25, -0.2) is 0 Å². The summed E-state index contributed by atoms with van der Waals surface area (Å²) in [4.78, 5) is 1.64. The maximum absolute atomic E-state index is 2.33. The molecule has 0 saturated heterocycles. The molecule has 0 aliphatic heterocycles. The highest BCUT2D eigenvalue weighted by molar-refractivity contribution is 7.20. The topological polar surface area (TPSA) is 0 Å². The van der Waals surface area contributed by atoms with Crippen LogP contribution < -0.4 is 4.50 Å². The van der Waals surface area contributed by atoms with Crippen LogP contribution in [0.4, 0.5) is 0 Å². The summed E-state index contributed by atoms with van der Waals surface area (Å²) in [6, 6.07) is 0. The van der Waals surface area contributed by atoms with Crippen LogP contribution in [0.3, 0.4) is 0 Å². The zero-order chi connectivity index (χ0) is 11.7. The molecule has 0 bridgehead atoms. The molecule has 0 amide bonds. The molecule has 86 valence electrons. The fourth-order valence-electron chi connectivity index (χ4n) is 2.34. The molecule has 0 N–H and O–H groups in total. The van der Waals surface area contributed by atoms with Crippen LogP contribution in [0.1, 0.15) is 75.3 Å². The van der Waals surface area contributed by atoms with Gasteiger partial charge in [0.1, 0.15) is 0 Å². The Hall–Kier alpha value is -0.0831. The lowest BCUT2D eigenvalue weighted by Gasteiger charge is -2.15. The second-order valence-electron chi connectivity index (χ2n) is 5.31. The molecule has 0 saturated carbocycles. The van der Waals surface area contributed by atoms with Gasteiger partial charge in [-0.3, -0.25) is 0 Å². The number of rotatable bonds is 3. The van der Waals surface area contributed by atoms with E-state index in [0.29, 0.717) is 17.8 Å². The fourth-order valence-corrected chi connectivity index (χ4v) is 5.32. The maximum atomic E-state index is 2.33. The SMILES string of the molecule is CC(C)c1sc([SiH3])c(C(C)C)c1C(C)C. The lowest BCUT2D eigenvalue weighted by atomic mass is 9.90. The zero-order valence-electron chi connectivity index (χ0n) is 11.1. The Morgan fingerprint density at radius 1 is 0.800 bits per heavy atom. The van der Waals surface area contributed by atoms with E-state index in [0.717, 1.165) is 0 Å². The predicted octanol–water partition coefficient (Wildman–Crippen LogP) is 3.11. The van der Waals surface area contributed by atoms with Crippen LogP contribution in [-0.2, 0) is 0 Å². The summed E-state index contributed by atoms with van der Waals surface area (Å²) < 4.78 is 1.66. The van der Waals surface area contributed by atoms with Crippen LogP contribution in [0.5, 0.6) is 0 Å². The Morgan fingerprint density at radius 3 is 1.60 bits per heavy atom. The Morgan fingerprint density at radius 2 is 1.27 bits per heavy atom. The minimum Gasteiger partial charge on any atom is -0.150 e. The van der Waals surface area contributed by atoms with E-state index in [1.165, 1.54) is 10.2 Å². The minimum absolute atomic E-state index is 0.679. The first-order chi connectivity index (χ1) is 6.86. The average Bonchev–Trinajstić information content (AvgIpc) is 2.42. The van der Waals surface area contributed by atoms with Gasteiger partial charge in [-0.1, -0.05) is 41.5 Å². The van der Waals surface area contributed by atoms with Gasteiger partial charge in [-0.2, -0.15) is 11.3 Å². The van der Waals surface area contributed by atoms with E-state index in [1.54, 1.807) is 20.5 Å². The van der Waals surface area contributed by atoms with Gasteiger partial charge in [0.2, 0.25) is 0 Å². The summed E-state index contributed by atoms with van der Waals surface area (Å²) in [7, 11) is 1.20. The van der Waals surface area contributed by atoms with Crippen molar-refractivity contribution in [2.75, 3.05) is 0 Å². The van der Waals surface area contributed by atoms with Crippen molar-refractivity contribution in [3.63, 3.8) is 0 Å². The van der Waals surface area contributed by atoms with Crippen molar-refractivity contribution in [1.29, 1.82) is 0 Å². The van der Waals surface area contributed by atoms with Crippen LogP contribution in [-0.4, -0.2) is 10.2 Å². The molecular weight excluding hydrogens is 216 g/mol. The first-order valence-electron chi connectivity index (χ1n) is 5.99. The monoisotopic (exact) mass is 240 g/mol. The third-order valence-electron chi connectivity index (χ3n) is 2.88. The predicted molar refractivity (Wildman–Crippen MR) is 76.2 cm³/mol. The second-order valence-corrected chi connectivity index (χ2v) is 8.30. The van der Waals surface area contributed by atoms with Crippen molar-refractivity contribution in [2.45, 2.75) is 59.3 Å². The molecule has 2 heteroatoms. The molecule has 0 aromatic carbocycles. The van der Waals surface area contributed by atoms with Gasteiger partial charge in [0.25, 0.3) is 0 Å². The van der Waals surface area contributed by atoms with Crippen molar-refractivity contribution in [3.05, 3.63) is 16.0 Å². The molecular formula is C13H24SSi.